The summed E-state index contributed by atoms with van der Waals surface area (Å²) in [6, 6.07) is 6.26. The van der Waals surface area contributed by atoms with Crippen molar-refractivity contribution < 1.29 is 9.45 Å². The molecule has 0 spiro atoms. The first-order valence-corrected chi connectivity index (χ1v) is 6.00. The summed E-state index contributed by atoms with van der Waals surface area (Å²) in [5.41, 5.74) is 1.59. The van der Waals surface area contributed by atoms with Gasteiger partial charge in [-0.25, -0.2) is 0 Å². The second-order valence-electron chi connectivity index (χ2n) is 4.07. The number of nitro benzene ring substituents is 1. The van der Waals surface area contributed by atoms with Gasteiger partial charge in [0.25, 0.3) is 5.69 Å². The third-order valence-corrected chi connectivity index (χ3v) is 2.90. The van der Waals surface area contributed by atoms with E-state index in [-0.39, 0.29) is 5.69 Å². The van der Waals surface area contributed by atoms with Gasteiger partial charge in [0.05, 0.1) is 15.6 Å². The molecular weight excluding hydrogens is 270 g/mol. The maximum atomic E-state index is 10.6. The molecule has 1 heterocycles. The molecule has 0 amide bonds. The maximum absolute atomic E-state index is 10.6. The number of aryl methyl sites for hydroxylation is 1. The normalized spacial score (nSPS) is 10.6. The summed E-state index contributed by atoms with van der Waals surface area (Å²) < 4.78 is 4.94. The van der Waals surface area contributed by atoms with Crippen molar-refractivity contribution in [2.45, 2.75) is 20.0 Å². The second kappa shape index (κ2) is 5.81. The monoisotopic (exact) mass is 281 g/mol. The maximum Gasteiger partial charge on any atom is 0.270 e. The largest absolute Gasteiger partial charge is 0.361 e. The number of nitrogens with one attached hydrogen (secondary N) is 1. The lowest BCUT2D eigenvalue weighted by atomic mass is 10.2. The summed E-state index contributed by atoms with van der Waals surface area (Å²) in [6.07, 6.45) is 0. The molecule has 0 atom stereocenters. The van der Waals surface area contributed by atoms with Crippen molar-refractivity contribution in [3.05, 3.63) is 56.4 Å². The SMILES string of the molecule is Cc1cc(CNCc2ccc([N+](=O)[O-])cc2Cl)no1. The number of halogens is 1. The second-order valence-corrected chi connectivity index (χ2v) is 4.47. The molecule has 19 heavy (non-hydrogen) atoms. The van der Waals surface area contributed by atoms with Crippen molar-refractivity contribution in [3.63, 3.8) is 0 Å². The van der Waals surface area contributed by atoms with Crippen molar-refractivity contribution in [1.29, 1.82) is 0 Å². The molecule has 1 aromatic carbocycles. The number of hydrogen-bond acceptors (Lipinski definition) is 5. The van der Waals surface area contributed by atoms with Crippen LogP contribution in [0.2, 0.25) is 5.02 Å². The first-order chi connectivity index (χ1) is 9.06. The van der Waals surface area contributed by atoms with Gasteiger partial charge in [-0.05, 0) is 18.6 Å². The Morgan fingerprint density at radius 2 is 2.21 bits per heavy atom. The van der Waals surface area contributed by atoms with Crippen LogP contribution in [0, 0.1) is 17.0 Å². The number of hydrogen-bond donors (Lipinski definition) is 1. The molecule has 0 bridgehead atoms. The van der Waals surface area contributed by atoms with Gasteiger partial charge >= 0.3 is 0 Å². The van der Waals surface area contributed by atoms with Crippen molar-refractivity contribution in [2.24, 2.45) is 0 Å². The molecule has 2 rings (SSSR count). The minimum absolute atomic E-state index is 0.0131. The highest BCUT2D eigenvalue weighted by Gasteiger charge is 2.09. The van der Waals surface area contributed by atoms with E-state index >= 15 is 0 Å². The van der Waals surface area contributed by atoms with Crippen LogP contribution in [0.15, 0.2) is 28.8 Å². The van der Waals surface area contributed by atoms with Crippen LogP contribution in [0.5, 0.6) is 0 Å². The molecule has 1 aromatic heterocycles. The van der Waals surface area contributed by atoms with Gasteiger partial charge in [0.2, 0.25) is 0 Å². The minimum atomic E-state index is -0.471. The lowest BCUT2D eigenvalue weighted by Gasteiger charge is -2.05. The molecule has 0 unspecified atom stereocenters. The van der Waals surface area contributed by atoms with Crippen LogP contribution >= 0.6 is 11.6 Å². The predicted octanol–water partition coefficient (Wildman–Crippen LogP) is 2.83. The number of aromatic nitrogens is 1. The summed E-state index contributed by atoms with van der Waals surface area (Å²) >= 11 is 5.98. The van der Waals surface area contributed by atoms with E-state index in [2.05, 4.69) is 10.5 Å². The first-order valence-electron chi connectivity index (χ1n) is 5.62. The lowest BCUT2D eigenvalue weighted by Crippen LogP contribution is -2.13. The van der Waals surface area contributed by atoms with E-state index in [1.807, 2.05) is 13.0 Å². The van der Waals surface area contributed by atoms with Gasteiger partial charge in [-0.1, -0.05) is 16.8 Å². The summed E-state index contributed by atoms with van der Waals surface area (Å²) in [4.78, 5) is 10.1. The van der Waals surface area contributed by atoms with Crippen molar-refractivity contribution >= 4 is 17.3 Å². The Labute approximate surface area is 114 Å². The molecule has 0 fully saturated rings. The average Bonchev–Trinajstić information content (AvgIpc) is 2.77. The van der Waals surface area contributed by atoms with E-state index in [0.717, 1.165) is 17.0 Å². The van der Waals surface area contributed by atoms with Crippen LogP contribution in [0.1, 0.15) is 17.0 Å². The standard InChI is InChI=1S/C12H12ClN3O3/c1-8-4-10(15-19-8)7-14-6-9-2-3-11(16(17)18)5-12(9)13/h2-5,14H,6-7H2,1H3. The molecular formula is C12H12ClN3O3. The molecule has 1 N–H and O–H groups in total. The number of non-ortho nitro benzene ring substituents is 1. The van der Waals surface area contributed by atoms with Gasteiger partial charge in [-0.2, -0.15) is 0 Å². The van der Waals surface area contributed by atoms with E-state index in [1.54, 1.807) is 6.07 Å². The van der Waals surface area contributed by atoms with E-state index in [1.165, 1.54) is 12.1 Å². The average molecular weight is 282 g/mol. The van der Waals surface area contributed by atoms with Gasteiger partial charge in [-0.3, -0.25) is 10.1 Å². The smallest absolute Gasteiger partial charge is 0.270 e. The summed E-state index contributed by atoms with van der Waals surface area (Å²) in [5, 5.41) is 17.9. The Morgan fingerprint density at radius 3 is 2.79 bits per heavy atom. The van der Waals surface area contributed by atoms with E-state index in [0.29, 0.717) is 18.1 Å². The fraction of sp³-hybridized carbons (Fsp3) is 0.250. The number of nitro groups is 1. The fourth-order valence-corrected chi connectivity index (χ4v) is 1.86. The van der Waals surface area contributed by atoms with Crippen LogP contribution in [-0.4, -0.2) is 10.1 Å². The van der Waals surface area contributed by atoms with Crippen LogP contribution in [0.25, 0.3) is 0 Å². The van der Waals surface area contributed by atoms with Gasteiger partial charge in [0, 0.05) is 31.3 Å². The highest BCUT2D eigenvalue weighted by Crippen LogP contribution is 2.22. The third-order valence-electron chi connectivity index (χ3n) is 2.55. The van der Waals surface area contributed by atoms with Crippen molar-refractivity contribution in [2.75, 3.05) is 0 Å². The van der Waals surface area contributed by atoms with Crippen LogP contribution in [0.4, 0.5) is 5.69 Å². The molecule has 0 aliphatic heterocycles. The Bertz CT molecular complexity index is 598. The molecule has 0 saturated carbocycles. The zero-order chi connectivity index (χ0) is 13.8. The van der Waals surface area contributed by atoms with E-state index in [4.69, 9.17) is 16.1 Å². The highest BCUT2D eigenvalue weighted by atomic mass is 35.5. The van der Waals surface area contributed by atoms with Gasteiger partial charge in [-0.15, -0.1) is 0 Å². The van der Waals surface area contributed by atoms with Gasteiger partial charge in [0.1, 0.15) is 5.76 Å². The summed E-state index contributed by atoms with van der Waals surface area (Å²) in [5.74, 6) is 0.755. The van der Waals surface area contributed by atoms with Gasteiger partial charge < -0.3 is 9.84 Å². The number of nitrogens with zero attached hydrogens (tertiary/aromatic N) is 2. The molecule has 6 nitrogen and oxygen atoms in total. The quantitative estimate of drug-likeness (QED) is 0.673. The molecule has 0 aliphatic rings. The molecule has 0 aliphatic carbocycles. The lowest BCUT2D eigenvalue weighted by molar-refractivity contribution is -0.384. The molecule has 2 aromatic rings. The van der Waals surface area contributed by atoms with E-state index in [9.17, 15) is 10.1 Å². The summed E-state index contributed by atoms with van der Waals surface area (Å²) in [7, 11) is 0. The molecule has 0 saturated heterocycles. The Balaban J connectivity index is 1.94. The highest BCUT2D eigenvalue weighted by molar-refractivity contribution is 6.31. The Morgan fingerprint density at radius 1 is 1.42 bits per heavy atom. The van der Waals surface area contributed by atoms with Gasteiger partial charge in [0.15, 0.2) is 0 Å². The Kier molecular flexibility index (Phi) is 4.13. The fourth-order valence-electron chi connectivity index (χ4n) is 1.62. The van der Waals surface area contributed by atoms with Crippen molar-refractivity contribution in [1.82, 2.24) is 10.5 Å². The predicted molar refractivity (Wildman–Crippen MR) is 69.9 cm³/mol. The summed E-state index contributed by atoms with van der Waals surface area (Å²) in [6.45, 7) is 2.87. The zero-order valence-corrected chi connectivity index (χ0v) is 11.0. The topological polar surface area (TPSA) is 81.2 Å². The van der Waals surface area contributed by atoms with Crippen molar-refractivity contribution in [3.8, 4) is 0 Å². The first kappa shape index (κ1) is 13.5. The Hall–Kier alpha value is -1.92. The molecule has 100 valence electrons. The van der Waals surface area contributed by atoms with E-state index < -0.39 is 4.92 Å². The number of benzene rings is 1. The number of rotatable bonds is 5. The van der Waals surface area contributed by atoms with Crippen LogP contribution in [0.3, 0.4) is 0 Å². The minimum Gasteiger partial charge on any atom is -0.361 e. The zero-order valence-electron chi connectivity index (χ0n) is 10.2. The molecule has 7 heteroatoms. The van der Waals surface area contributed by atoms with Crippen LogP contribution < -0.4 is 5.32 Å². The van der Waals surface area contributed by atoms with Crippen LogP contribution in [-0.2, 0) is 13.1 Å². The third kappa shape index (κ3) is 3.52. The molecule has 0 radical (unpaired) electrons.